The average Bonchev–Trinajstić information content (AvgIpc) is 2.86. The number of benzene rings is 1. The fourth-order valence-corrected chi connectivity index (χ4v) is 5.23. The van der Waals surface area contributed by atoms with Crippen molar-refractivity contribution in [1.82, 2.24) is 9.46 Å². The lowest BCUT2D eigenvalue weighted by atomic mass is 10.1. The van der Waals surface area contributed by atoms with Crippen LogP contribution in [0.1, 0.15) is 48.7 Å². The lowest BCUT2D eigenvalue weighted by molar-refractivity contribution is 0.303. The first-order valence-corrected chi connectivity index (χ1v) is 9.97. The van der Waals surface area contributed by atoms with Crippen LogP contribution in [-0.4, -0.2) is 31.5 Å². The van der Waals surface area contributed by atoms with Gasteiger partial charge >= 0.3 is 0 Å². The third-order valence-corrected chi connectivity index (χ3v) is 6.53. The van der Waals surface area contributed by atoms with Gasteiger partial charge in [-0.1, -0.05) is 24.1 Å². The van der Waals surface area contributed by atoms with Gasteiger partial charge in [-0.25, -0.2) is 8.42 Å². The minimum absolute atomic E-state index is 0.210. The number of rotatable bonds is 4. The smallest absolute Gasteiger partial charge is 0.247 e. The minimum atomic E-state index is -3.71. The zero-order valence-corrected chi connectivity index (χ0v) is 15.7. The SMILES string of the molecule is COc1ccc(C)cc1S(=O)(=O)N1CCCCC[C@H]1c1cc(C)on1. The number of aryl methyl sites for hydroxylation is 2. The van der Waals surface area contributed by atoms with E-state index in [0.717, 1.165) is 31.2 Å². The van der Waals surface area contributed by atoms with Crippen molar-refractivity contribution in [2.24, 2.45) is 0 Å². The van der Waals surface area contributed by atoms with Crippen molar-refractivity contribution in [1.29, 1.82) is 0 Å². The van der Waals surface area contributed by atoms with Crippen molar-refractivity contribution in [2.45, 2.75) is 50.5 Å². The molecule has 7 heteroatoms. The molecule has 1 aliphatic rings. The normalized spacial score (nSPS) is 19.6. The minimum Gasteiger partial charge on any atom is -0.495 e. The Morgan fingerprint density at radius 2 is 2.00 bits per heavy atom. The summed E-state index contributed by atoms with van der Waals surface area (Å²) in [5, 5.41) is 4.09. The molecule has 0 spiro atoms. The molecule has 0 saturated carbocycles. The van der Waals surface area contributed by atoms with Crippen LogP contribution in [0, 0.1) is 13.8 Å². The van der Waals surface area contributed by atoms with Crippen LogP contribution >= 0.6 is 0 Å². The van der Waals surface area contributed by atoms with E-state index in [0.29, 0.717) is 23.7 Å². The number of ether oxygens (including phenoxy) is 1. The maximum absolute atomic E-state index is 13.5. The number of hydrogen-bond acceptors (Lipinski definition) is 5. The average molecular weight is 364 g/mol. The fraction of sp³-hybridized carbons (Fsp3) is 0.500. The first-order chi connectivity index (χ1) is 11.9. The van der Waals surface area contributed by atoms with Gasteiger partial charge in [0, 0.05) is 12.6 Å². The second kappa shape index (κ2) is 7.17. The molecular weight excluding hydrogens is 340 g/mol. The maximum Gasteiger partial charge on any atom is 0.247 e. The first kappa shape index (κ1) is 17.9. The summed E-state index contributed by atoms with van der Waals surface area (Å²) in [6, 6.07) is 6.74. The first-order valence-electron chi connectivity index (χ1n) is 8.53. The monoisotopic (exact) mass is 364 g/mol. The zero-order chi connectivity index (χ0) is 18.0. The van der Waals surface area contributed by atoms with Crippen LogP contribution in [0.3, 0.4) is 0 Å². The Bertz CT molecular complexity index is 845. The van der Waals surface area contributed by atoms with E-state index in [1.807, 2.05) is 26.0 Å². The molecule has 1 aromatic carbocycles. The van der Waals surface area contributed by atoms with Crippen molar-refractivity contribution in [2.75, 3.05) is 13.7 Å². The van der Waals surface area contributed by atoms with Gasteiger partial charge in [0.15, 0.2) is 0 Å². The van der Waals surface area contributed by atoms with E-state index in [9.17, 15) is 8.42 Å². The number of aromatic nitrogens is 1. The van der Waals surface area contributed by atoms with Crippen LogP contribution in [0.5, 0.6) is 5.75 Å². The molecule has 0 bridgehead atoms. The number of nitrogens with zero attached hydrogens (tertiary/aromatic N) is 2. The highest BCUT2D eigenvalue weighted by atomic mass is 32.2. The Hall–Kier alpha value is -1.86. The highest BCUT2D eigenvalue weighted by molar-refractivity contribution is 7.89. The molecule has 1 fully saturated rings. The number of sulfonamides is 1. The molecule has 0 aliphatic carbocycles. The molecule has 6 nitrogen and oxygen atoms in total. The number of hydrogen-bond donors (Lipinski definition) is 0. The molecule has 1 atom stereocenters. The lowest BCUT2D eigenvalue weighted by Gasteiger charge is -2.28. The van der Waals surface area contributed by atoms with Gasteiger partial charge in [0.25, 0.3) is 0 Å². The molecule has 1 aliphatic heterocycles. The van der Waals surface area contributed by atoms with E-state index in [2.05, 4.69) is 5.16 Å². The van der Waals surface area contributed by atoms with Crippen molar-refractivity contribution < 1.29 is 17.7 Å². The molecule has 0 unspecified atom stereocenters. The van der Waals surface area contributed by atoms with Crippen LogP contribution in [0.2, 0.25) is 0 Å². The molecule has 0 radical (unpaired) electrons. The predicted octanol–water partition coefficient (Wildman–Crippen LogP) is 3.61. The van der Waals surface area contributed by atoms with Crippen molar-refractivity contribution >= 4 is 10.0 Å². The largest absolute Gasteiger partial charge is 0.495 e. The maximum atomic E-state index is 13.5. The summed E-state index contributed by atoms with van der Waals surface area (Å²) in [5.41, 5.74) is 1.55. The standard InChI is InChI=1S/C18H24N2O4S/c1-13-8-9-17(23-3)18(11-13)25(21,22)20-10-6-4-5-7-16(20)15-12-14(2)24-19-15/h8-9,11-12,16H,4-7,10H2,1-3H3/t16-/m0/s1. The van der Waals surface area contributed by atoms with E-state index >= 15 is 0 Å². The van der Waals surface area contributed by atoms with Gasteiger partial charge in [-0.3, -0.25) is 0 Å². The summed E-state index contributed by atoms with van der Waals surface area (Å²) < 4.78 is 39.0. The second-order valence-electron chi connectivity index (χ2n) is 6.50. The van der Waals surface area contributed by atoms with Gasteiger partial charge in [0.1, 0.15) is 22.1 Å². The molecule has 136 valence electrons. The molecule has 1 aromatic heterocycles. The summed E-state index contributed by atoms with van der Waals surface area (Å²) >= 11 is 0. The molecule has 25 heavy (non-hydrogen) atoms. The molecule has 0 N–H and O–H groups in total. The van der Waals surface area contributed by atoms with E-state index in [-0.39, 0.29) is 10.9 Å². The Balaban J connectivity index is 2.08. The van der Waals surface area contributed by atoms with Crippen LogP contribution in [0.4, 0.5) is 0 Å². The van der Waals surface area contributed by atoms with Crippen LogP contribution in [0.15, 0.2) is 33.7 Å². The highest BCUT2D eigenvalue weighted by Crippen LogP contribution is 2.37. The van der Waals surface area contributed by atoms with E-state index < -0.39 is 10.0 Å². The van der Waals surface area contributed by atoms with Crippen LogP contribution in [-0.2, 0) is 10.0 Å². The summed E-state index contributed by atoms with van der Waals surface area (Å²) in [4.78, 5) is 0.210. The topological polar surface area (TPSA) is 72.6 Å². The Morgan fingerprint density at radius 3 is 2.68 bits per heavy atom. The van der Waals surface area contributed by atoms with Crippen molar-refractivity contribution in [3.05, 3.63) is 41.3 Å². The van der Waals surface area contributed by atoms with E-state index in [1.165, 1.54) is 7.11 Å². The Kier molecular flexibility index (Phi) is 5.15. The van der Waals surface area contributed by atoms with Gasteiger partial charge < -0.3 is 9.26 Å². The third kappa shape index (κ3) is 3.57. The number of methoxy groups -OCH3 is 1. The molecule has 2 heterocycles. The Labute approximate surface area is 148 Å². The van der Waals surface area contributed by atoms with Gasteiger partial charge in [0.05, 0.1) is 13.2 Å². The molecule has 2 aromatic rings. The van der Waals surface area contributed by atoms with Crippen molar-refractivity contribution in [3.63, 3.8) is 0 Å². The summed E-state index contributed by atoms with van der Waals surface area (Å²) in [6.45, 7) is 4.16. The predicted molar refractivity (Wildman–Crippen MR) is 94.1 cm³/mol. The van der Waals surface area contributed by atoms with Crippen LogP contribution in [0.25, 0.3) is 0 Å². The van der Waals surface area contributed by atoms with Gasteiger partial charge in [-0.15, -0.1) is 0 Å². The quantitative estimate of drug-likeness (QED) is 0.829. The Morgan fingerprint density at radius 1 is 1.20 bits per heavy atom. The van der Waals surface area contributed by atoms with E-state index in [1.54, 1.807) is 16.4 Å². The van der Waals surface area contributed by atoms with Gasteiger partial charge in [0.2, 0.25) is 10.0 Å². The molecule has 1 saturated heterocycles. The third-order valence-electron chi connectivity index (χ3n) is 4.60. The van der Waals surface area contributed by atoms with Gasteiger partial charge in [-0.2, -0.15) is 4.31 Å². The zero-order valence-electron chi connectivity index (χ0n) is 14.9. The molecule has 0 amide bonds. The second-order valence-corrected chi connectivity index (χ2v) is 8.36. The lowest BCUT2D eigenvalue weighted by Crippen LogP contribution is -2.35. The summed E-state index contributed by atoms with van der Waals surface area (Å²) in [7, 11) is -2.22. The van der Waals surface area contributed by atoms with E-state index in [4.69, 9.17) is 9.26 Å². The molecular formula is C18H24N2O4S. The highest BCUT2D eigenvalue weighted by Gasteiger charge is 2.36. The summed E-state index contributed by atoms with van der Waals surface area (Å²) in [6.07, 6.45) is 3.54. The van der Waals surface area contributed by atoms with Gasteiger partial charge in [-0.05, 0) is 44.4 Å². The van der Waals surface area contributed by atoms with Crippen LogP contribution < -0.4 is 4.74 Å². The van der Waals surface area contributed by atoms with Crippen molar-refractivity contribution in [3.8, 4) is 5.75 Å². The summed E-state index contributed by atoms with van der Waals surface area (Å²) in [5.74, 6) is 1.05. The molecule has 3 rings (SSSR count). The fourth-order valence-electron chi connectivity index (χ4n) is 3.32.